The topological polar surface area (TPSA) is 95.6 Å². The molecule has 7 nitrogen and oxygen atoms in total. The molecule has 29 heavy (non-hydrogen) atoms. The lowest BCUT2D eigenvalue weighted by molar-refractivity contribution is -0.119. The number of aromatic nitrogens is 1. The van der Waals surface area contributed by atoms with Gasteiger partial charge in [-0.05, 0) is 42.5 Å². The maximum absolute atomic E-state index is 12.8. The molecular formula is C20H17Cl2N3O4. The SMILES string of the molecule is COc1cc(C(=O)Nc2ccc(Cl)cc2-n2cccc2)cc(Cl)c1OCC(N)=O. The van der Waals surface area contributed by atoms with Crippen LogP contribution in [0.25, 0.3) is 5.69 Å². The molecule has 0 bridgehead atoms. The first-order chi connectivity index (χ1) is 13.9. The number of hydrogen-bond acceptors (Lipinski definition) is 4. The van der Waals surface area contributed by atoms with Crippen LogP contribution < -0.4 is 20.5 Å². The molecule has 1 heterocycles. The van der Waals surface area contributed by atoms with Gasteiger partial charge in [-0.2, -0.15) is 0 Å². The Hall–Kier alpha value is -3.16. The van der Waals surface area contributed by atoms with Crippen molar-refractivity contribution < 1.29 is 19.1 Å². The van der Waals surface area contributed by atoms with Crippen molar-refractivity contribution in [2.24, 2.45) is 5.73 Å². The molecule has 3 rings (SSSR count). The monoisotopic (exact) mass is 433 g/mol. The first-order valence-corrected chi connectivity index (χ1v) is 9.17. The number of ether oxygens (including phenoxy) is 2. The minimum atomic E-state index is -0.662. The number of benzene rings is 2. The maximum atomic E-state index is 12.8. The Morgan fingerprint density at radius 1 is 1.14 bits per heavy atom. The first kappa shape index (κ1) is 20.6. The van der Waals surface area contributed by atoms with Gasteiger partial charge < -0.3 is 25.1 Å². The van der Waals surface area contributed by atoms with E-state index >= 15 is 0 Å². The van der Waals surface area contributed by atoms with Gasteiger partial charge in [-0.15, -0.1) is 0 Å². The van der Waals surface area contributed by atoms with Crippen molar-refractivity contribution >= 4 is 40.7 Å². The van der Waals surface area contributed by atoms with E-state index < -0.39 is 11.8 Å². The smallest absolute Gasteiger partial charge is 0.255 e. The minimum Gasteiger partial charge on any atom is -0.493 e. The summed E-state index contributed by atoms with van der Waals surface area (Å²) in [5.74, 6) is -0.748. The molecule has 2 amide bonds. The molecule has 3 N–H and O–H groups in total. The number of rotatable bonds is 7. The molecule has 3 aromatic rings. The number of carbonyl (C=O) groups is 2. The Morgan fingerprint density at radius 3 is 2.52 bits per heavy atom. The standard InChI is InChI=1S/C20H17Cl2N3O4/c1-28-17-9-12(8-14(22)19(17)29-11-18(23)26)20(27)24-15-5-4-13(21)10-16(15)25-6-2-3-7-25/h2-10H,11H2,1H3,(H2,23,26)(H,24,27). The van der Waals surface area contributed by atoms with E-state index in [0.29, 0.717) is 16.4 Å². The van der Waals surface area contributed by atoms with Crippen LogP contribution in [0.1, 0.15) is 10.4 Å². The Bertz CT molecular complexity index is 1050. The van der Waals surface area contributed by atoms with Crippen molar-refractivity contribution in [3.05, 3.63) is 70.5 Å². The molecule has 0 saturated carbocycles. The molecule has 0 atom stereocenters. The van der Waals surface area contributed by atoms with Crippen molar-refractivity contribution in [3.8, 4) is 17.2 Å². The maximum Gasteiger partial charge on any atom is 0.255 e. The molecule has 9 heteroatoms. The highest BCUT2D eigenvalue weighted by Gasteiger charge is 2.18. The Kier molecular flexibility index (Phi) is 6.31. The zero-order chi connectivity index (χ0) is 21.0. The van der Waals surface area contributed by atoms with E-state index in [-0.39, 0.29) is 28.7 Å². The van der Waals surface area contributed by atoms with Gasteiger partial charge in [-0.1, -0.05) is 23.2 Å². The number of anilines is 1. The van der Waals surface area contributed by atoms with Crippen molar-refractivity contribution in [2.45, 2.75) is 0 Å². The van der Waals surface area contributed by atoms with E-state index in [9.17, 15) is 9.59 Å². The van der Waals surface area contributed by atoms with E-state index in [4.69, 9.17) is 38.4 Å². The summed E-state index contributed by atoms with van der Waals surface area (Å²) in [6, 6.07) is 11.7. The van der Waals surface area contributed by atoms with E-state index in [1.807, 2.05) is 29.1 Å². The Labute approximate surface area is 176 Å². The molecule has 2 aromatic carbocycles. The van der Waals surface area contributed by atoms with Crippen LogP contribution in [-0.2, 0) is 4.79 Å². The van der Waals surface area contributed by atoms with Gasteiger partial charge in [0.25, 0.3) is 11.8 Å². The average molecular weight is 434 g/mol. The molecule has 0 aliphatic rings. The van der Waals surface area contributed by atoms with Gasteiger partial charge in [-0.3, -0.25) is 9.59 Å². The van der Waals surface area contributed by atoms with Crippen LogP contribution in [0.15, 0.2) is 54.9 Å². The second-order valence-electron chi connectivity index (χ2n) is 5.95. The summed E-state index contributed by atoms with van der Waals surface area (Å²) >= 11 is 12.3. The van der Waals surface area contributed by atoms with Crippen LogP contribution >= 0.6 is 23.2 Å². The van der Waals surface area contributed by atoms with Gasteiger partial charge in [0, 0.05) is 23.0 Å². The highest BCUT2D eigenvalue weighted by Crippen LogP contribution is 2.37. The molecule has 0 radical (unpaired) electrons. The first-order valence-electron chi connectivity index (χ1n) is 8.42. The van der Waals surface area contributed by atoms with Crippen LogP contribution in [0.3, 0.4) is 0 Å². The molecule has 0 aliphatic heterocycles. The summed E-state index contributed by atoms with van der Waals surface area (Å²) < 4.78 is 12.3. The summed E-state index contributed by atoms with van der Waals surface area (Å²) in [6.45, 7) is -0.368. The third-order valence-electron chi connectivity index (χ3n) is 3.94. The van der Waals surface area contributed by atoms with Crippen molar-refractivity contribution in [1.29, 1.82) is 0 Å². The summed E-state index contributed by atoms with van der Waals surface area (Å²) in [6.07, 6.45) is 3.68. The van der Waals surface area contributed by atoms with Crippen LogP contribution in [0, 0.1) is 0 Å². The quantitative estimate of drug-likeness (QED) is 0.590. The second-order valence-corrected chi connectivity index (χ2v) is 6.79. The number of halogens is 2. The van der Waals surface area contributed by atoms with Gasteiger partial charge in [0.05, 0.1) is 23.5 Å². The minimum absolute atomic E-state index is 0.109. The lowest BCUT2D eigenvalue weighted by atomic mass is 10.1. The average Bonchev–Trinajstić information content (AvgIpc) is 3.22. The van der Waals surface area contributed by atoms with E-state index in [1.54, 1.807) is 18.2 Å². The van der Waals surface area contributed by atoms with Crippen molar-refractivity contribution in [3.63, 3.8) is 0 Å². The van der Waals surface area contributed by atoms with Gasteiger partial charge in [0.1, 0.15) is 0 Å². The van der Waals surface area contributed by atoms with Crippen LogP contribution in [0.2, 0.25) is 10.0 Å². The van der Waals surface area contributed by atoms with Crippen molar-refractivity contribution in [1.82, 2.24) is 4.57 Å². The highest BCUT2D eigenvalue weighted by atomic mass is 35.5. The summed E-state index contributed by atoms with van der Waals surface area (Å²) in [5.41, 5.74) is 6.59. The lowest BCUT2D eigenvalue weighted by Gasteiger charge is -2.15. The van der Waals surface area contributed by atoms with Crippen LogP contribution in [-0.4, -0.2) is 30.1 Å². The number of amides is 2. The number of methoxy groups -OCH3 is 1. The Balaban J connectivity index is 1.90. The molecule has 0 fully saturated rings. The predicted molar refractivity (Wildman–Crippen MR) is 111 cm³/mol. The molecule has 1 aromatic heterocycles. The largest absolute Gasteiger partial charge is 0.493 e. The molecule has 0 spiro atoms. The van der Waals surface area contributed by atoms with Gasteiger partial charge >= 0.3 is 0 Å². The molecule has 0 unspecified atom stereocenters. The molecular weight excluding hydrogens is 417 g/mol. The van der Waals surface area contributed by atoms with Gasteiger partial charge in [0.2, 0.25) is 0 Å². The van der Waals surface area contributed by atoms with Crippen LogP contribution in [0.4, 0.5) is 5.69 Å². The van der Waals surface area contributed by atoms with Gasteiger partial charge in [0.15, 0.2) is 18.1 Å². The molecule has 0 saturated heterocycles. The van der Waals surface area contributed by atoms with E-state index in [0.717, 1.165) is 0 Å². The predicted octanol–water partition coefficient (Wildman–Crippen LogP) is 3.91. The fraction of sp³-hybridized carbons (Fsp3) is 0.100. The molecule has 0 aliphatic carbocycles. The highest BCUT2D eigenvalue weighted by molar-refractivity contribution is 6.33. The number of primary amides is 1. The second kappa shape index (κ2) is 8.89. The van der Waals surface area contributed by atoms with Crippen molar-refractivity contribution in [2.75, 3.05) is 19.0 Å². The number of nitrogens with zero attached hydrogens (tertiary/aromatic N) is 1. The number of nitrogens with two attached hydrogens (primary N) is 1. The molecule has 150 valence electrons. The van der Waals surface area contributed by atoms with E-state index in [2.05, 4.69) is 5.32 Å². The van der Waals surface area contributed by atoms with E-state index in [1.165, 1.54) is 19.2 Å². The Morgan fingerprint density at radius 2 is 1.86 bits per heavy atom. The zero-order valence-corrected chi connectivity index (χ0v) is 16.8. The lowest BCUT2D eigenvalue weighted by Crippen LogP contribution is -2.20. The summed E-state index contributed by atoms with van der Waals surface area (Å²) in [7, 11) is 1.40. The number of hydrogen-bond donors (Lipinski definition) is 2. The third kappa shape index (κ3) is 4.82. The normalized spacial score (nSPS) is 10.4. The summed E-state index contributed by atoms with van der Waals surface area (Å²) in [4.78, 5) is 23.8. The fourth-order valence-corrected chi connectivity index (χ4v) is 3.08. The van der Waals surface area contributed by atoms with Crippen LogP contribution in [0.5, 0.6) is 11.5 Å². The number of carbonyl (C=O) groups excluding carboxylic acids is 2. The zero-order valence-electron chi connectivity index (χ0n) is 15.3. The third-order valence-corrected chi connectivity index (χ3v) is 4.46. The number of nitrogens with one attached hydrogen (secondary N) is 1. The van der Waals surface area contributed by atoms with Gasteiger partial charge in [-0.25, -0.2) is 0 Å². The fourth-order valence-electron chi connectivity index (χ4n) is 2.65. The summed E-state index contributed by atoms with van der Waals surface area (Å²) in [5, 5.41) is 3.49.